The van der Waals surface area contributed by atoms with Gasteiger partial charge in [-0.05, 0) is 12.1 Å². The third-order valence-corrected chi connectivity index (χ3v) is 3.15. The summed E-state index contributed by atoms with van der Waals surface area (Å²) in [5.74, 6) is -0.453. The molecule has 7 heteroatoms. The molecule has 0 atom stereocenters. The molecular formula is C10H9ClFN3OS. The van der Waals surface area contributed by atoms with E-state index in [2.05, 4.69) is 15.5 Å². The molecule has 0 saturated heterocycles. The molecular weight excluding hydrogens is 265 g/mol. The molecule has 0 aliphatic carbocycles. The third-order valence-electron chi connectivity index (χ3n) is 1.95. The number of ether oxygens (including phenoxy) is 1. The van der Waals surface area contributed by atoms with Crippen molar-refractivity contribution in [2.75, 3.05) is 12.4 Å². The van der Waals surface area contributed by atoms with E-state index in [-0.39, 0.29) is 17.4 Å². The lowest BCUT2D eigenvalue weighted by molar-refractivity contribution is 0.289. The lowest BCUT2D eigenvalue weighted by atomic mass is 10.3. The van der Waals surface area contributed by atoms with Crippen LogP contribution in [-0.4, -0.2) is 17.2 Å². The standard InChI is InChI=1S/C10H9ClFN3OS/c1-13-10-15-14-8(17-10)5-16-7-4-2-3-6(11)9(7)12/h2-4H,5H2,1H3,(H,13,15). The molecule has 0 unspecified atom stereocenters. The van der Waals surface area contributed by atoms with Crippen LogP contribution >= 0.6 is 22.9 Å². The SMILES string of the molecule is CNc1nnc(COc2cccc(Cl)c2F)s1. The minimum absolute atomic E-state index is 0.0377. The van der Waals surface area contributed by atoms with E-state index in [0.717, 1.165) is 0 Å². The van der Waals surface area contributed by atoms with E-state index in [1.165, 1.54) is 23.5 Å². The first-order valence-corrected chi connectivity index (χ1v) is 5.97. The van der Waals surface area contributed by atoms with Gasteiger partial charge < -0.3 is 10.1 Å². The van der Waals surface area contributed by atoms with Gasteiger partial charge in [0.1, 0.15) is 6.61 Å². The quantitative estimate of drug-likeness (QED) is 0.930. The highest BCUT2D eigenvalue weighted by Crippen LogP contribution is 2.25. The van der Waals surface area contributed by atoms with Crippen LogP contribution in [0.2, 0.25) is 5.02 Å². The molecule has 0 saturated carbocycles. The van der Waals surface area contributed by atoms with Crippen LogP contribution in [0, 0.1) is 5.82 Å². The van der Waals surface area contributed by atoms with Gasteiger partial charge in [0.15, 0.2) is 16.6 Å². The van der Waals surface area contributed by atoms with Crippen molar-refractivity contribution in [2.24, 2.45) is 0 Å². The average Bonchev–Trinajstić information content (AvgIpc) is 2.79. The number of aromatic nitrogens is 2. The first-order chi connectivity index (χ1) is 8.20. The maximum absolute atomic E-state index is 13.5. The van der Waals surface area contributed by atoms with Crippen LogP contribution in [-0.2, 0) is 6.61 Å². The Bertz CT molecular complexity index is 520. The lowest BCUT2D eigenvalue weighted by Crippen LogP contribution is -1.97. The van der Waals surface area contributed by atoms with Crippen LogP contribution in [0.1, 0.15) is 5.01 Å². The Hall–Kier alpha value is -1.40. The number of nitrogens with one attached hydrogen (secondary N) is 1. The van der Waals surface area contributed by atoms with Gasteiger partial charge in [-0.1, -0.05) is 29.0 Å². The molecule has 0 radical (unpaired) electrons. The third kappa shape index (κ3) is 2.83. The number of hydrogen-bond donors (Lipinski definition) is 1. The van der Waals surface area contributed by atoms with E-state index in [0.29, 0.717) is 10.1 Å². The van der Waals surface area contributed by atoms with Crippen molar-refractivity contribution in [1.29, 1.82) is 0 Å². The molecule has 2 rings (SSSR count). The molecule has 0 spiro atoms. The lowest BCUT2D eigenvalue weighted by Gasteiger charge is -2.05. The predicted molar refractivity (Wildman–Crippen MR) is 65.2 cm³/mol. The molecule has 1 aromatic carbocycles. The number of anilines is 1. The summed E-state index contributed by atoms with van der Waals surface area (Å²) in [5, 5.41) is 12.0. The van der Waals surface area contributed by atoms with Crippen LogP contribution in [0.4, 0.5) is 9.52 Å². The number of halogens is 2. The number of nitrogens with zero attached hydrogens (tertiary/aromatic N) is 2. The zero-order chi connectivity index (χ0) is 12.3. The van der Waals surface area contributed by atoms with Crippen molar-refractivity contribution in [2.45, 2.75) is 6.61 Å². The summed E-state index contributed by atoms with van der Waals surface area (Å²) in [5.41, 5.74) is 0. The van der Waals surface area contributed by atoms with Crippen LogP contribution in [0.3, 0.4) is 0 Å². The summed E-state index contributed by atoms with van der Waals surface area (Å²) in [4.78, 5) is 0. The van der Waals surface area contributed by atoms with Gasteiger partial charge in [-0.15, -0.1) is 10.2 Å². The molecule has 17 heavy (non-hydrogen) atoms. The molecule has 2 aromatic rings. The summed E-state index contributed by atoms with van der Waals surface area (Å²) in [7, 11) is 1.75. The summed E-state index contributed by atoms with van der Waals surface area (Å²) in [6.45, 7) is 0.163. The minimum atomic E-state index is -0.562. The highest BCUT2D eigenvalue weighted by atomic mass is 35.5. The van der Waals surface area contributed by atoms with Gasteiger partial charge in [0.25, 0.3) is 0 Å². The summed E-state index contributed by atoms with van der Waals surface area (Å²) in [6.07, 6.45) is 0. The minimum Gasteiger partial charge on any atom is -0.483 e. The fourth-order valence-corrected chi connectivity index (χ4v) is 1.92. The summed E-state index contributed by atoms with van der Waals surface area (Å²) in [6, 6.07) is 4.61. The van der Waals surface area contributed by atoms with Crippen molar-refractivity contribution in [3.05, 3.63) is 34.0 Å². The Labute approximate surface area is 106 Å². The van der Waals surface area contributed by atoms with Gasteiger partial charge in [-0.3, -0.25) is 0 Å². The first kappa shape index (κ1) is 12.1. The Morgan fingerprint density at radius 2 is 2.29 bits per heavy atom. The number of rotatable bonds is 4. The number of benzene rings is 1. The second kappa shape index (κ2) is 5.29. The maximum atomic E-state index is 13.5. The highest BCUT2D eigenvalue weighted by Gasteiger charge is 2.09. The topological polar surface area (TPSA) is 47.0 Å². The Balaban J connectivity index is 2.04. The zero-order valence-electron chi connectivity index (χ0n) is 8.91. The van der Waals surface area contributed by atoms with E-state index in [4.69, 9.17) is 16.3 Å². The van der Waals surface area contributed by atoms with Crippen molar-refractivity contribution in [3.63, 3.8) is 0 Å². The molecule has 0 aliphatic rings. The van der Waals surface area contributed by atoms with Crippen molar-refractivity contribution >= 4 is 28.1 Å². The fourth-order valence-electron chi connectivity index (χ4n) is 1.15. The van der Waals surface area contributed by atoms with Gasteiger partial charge in [0.05, 0.1) is 5.02 Å². The molecule has 4 nitrogen and oxygen atoms in total. The van der Waals surface area contributed by atoms with Crippen LogP contribution < -0.4 is 10.1 Å². The zero-order valence-corrected chi connectivity index (χ0v) is 10.5. The average molecular weight is 274 g/mol. The first-order valence-electron chi connectivity index (χ1n) is 4.77. The van der Waals surface area contributed by atoms with Crippen LogP contribution in [0.5, 0.6) is 5.75 Å². The van der Waals surface area contributed by atoms with Gasteiger partial charge in [-0.2, -0.15) is 0 Å². The predicted octanol–water partition coefficient (Wildman–Crippen LogP) is 2.95. The number of hydrogen-bond acceptors (Lipinski definition) is 5. The Kier molecular flexibility index (Phi) is 3.75. The second-order valence-electron chi connectivity index (χ2n) is 3.09. The molecule has 1 N–H and O–H groups in total. The largest absolute Gasteiger partial charge is 0.483 e. The summed E-state index contributed by atoms with van der Waals surface area (Å²) < 4.78 is 18.8. The molecule has 1 aromatic heterocycles. The van der Waals surface area contributed by atoms with Gasteiger partial charge in [0.2, 0.25) is 5.13 Å². The molecule has 1 heterocycles. The van der Waals surface area contributed by atoms with Gasteiger partial charge in [0, 0.05) is 7.05 Å². The van der Waals surface area contributed by atoms with Crippen LogP contribution in [0.25, 0.3) is 0 Å². The second-order valence-corrected chi connectivity index (χ2v) is 4.56. The van der Waals surface area contributed by atoms with Crippen molar-refractivity contribution in [3.8, 4) is 5.75 Å². The maximum Gasteiger partial charge on any atom is 0.205 e. The molecule has 0 fully saturated rings. The molecule has 90 valence electrons. The highest BCUT2D eigenvalue weighted by molar-refractivity contribution is 7.15. The van der Waals surface area contributed by atoms with Crippen LogP contribution in [0.15, 0.2) is 18.2 Å². The van der Waals surface area contributed by atoms with E-state index in [1.807, 2.05) is 0 Å². The normalized spacial score (nSPS) is 10.3. The molecule has 0 bridgehead atoms. The summed E-state index contributed by atoms with van der Waals surface area (Å²) >= 11 is 6.98. The van der Waals surface area contributed by atoms with E-state index in [9.17, 15) is 4.39 Å². The monoisotopic (exact) mass is 273 g/mol. The van der Waals surface area contributed by atoms with E-state index in [1.54, 1.807) is 13.1 Å². The van der Waals surface area contributed by atoms with Crippen molar-refractivity contribution < 1.29 is 9.13 Å². The molecule has 0 aliphatic heterocycles. The fraction of sp³-hybridized carbons (Fsp3) is 0.200. The van der Waals surface area contributed by atoms with Gasteiger partial charge in [-0.25, -0.2) is 4.39 Å². The van der Waals surface area contributed by atoms with E-state index < -0.39 is 5.82 Å². The molecule has 0 amide bonds. The van der Waals surface area contributed by atoms with Gasteiger partial charge >= 0.3 is 0 Å². The van der Waals surface area contributed by atoms with Crippen molar-refractivity contribution in [1.82, 2.24) is 10.2 Å². The Morgan fingerprint density at radius 3 is 3.00 bits per heavy atom. The Morgan fingerprint density at radius 1 is 1.47 bits per heavy atom. The van der Waals surface area contributed by atoms with E-state index >= 15 is 0 Å². The smallest absolute Gasteiger partial charge is 0.205 e.